The number of rotatable bonds is 5. The van der Waals surface area contributed by atoms with Crippen LogP contribution in [0, 0.1) is 0 Å². The average Bonchev–Trinajstić information content (AvgIpc) is 2.40. The van der Waals surface area contributed by atoms with E-state index in [1.54, 1.807) is 32.4 Å². The lowest BCUT2D eigenvalue weighted by Gasteiger charge is -2.32. The van der Waals surface area contributed by atoms with Gasteiger partial charge in [-0.3, -0.25) is 4.98 Å². The Morgan fingerprint density at radius 2 is 1.95 bits per heavy atom. The Kier molecular flexibility index (Phi) is 7.75. The largest absolute Gasteiger partial charge is 1.00 e. The van der Waals surface area contributed by atoms with Crippen LogP contribution in [0.15, 0.2) is 18.3 Å². The molecule has 20 heavy (non-hydrogen) atoms. The van der Waals surface area contributed by atoms with E-state index in [1.807, 2.05) is 0 Å². The highest BCUT2D eigenvalue weighted by atomic mass is 79.9. The van der Waals surface area contributed by atoms with Crippen LogP contribution in [0.2, 0.25) is 0 Å². The molecule has 1 heterocycles. The zero-order valence-corrected chi connectivity index (χ0v) is 14.5. The molecule has 0 saturated heterocycles. The number of hydrogen-bond donors (Lipinski definition) is 0. The number of nitrogens with zero attached hydrogens (tertiary/aromatic N) is 3. The minimum atomic E-state index is -0.378. The minimum Gasteiger partial charge on any atom is -1.00 e. The van der Waals surface area contributed by atoms with E-state index in [0.717, 1.165) is 29.8 Å². The molecule has 0 saturated carbocycles. The smallest absolute Gasteiger partial charge is 0.414 e. The Balaban J connectivity index is 0.00000361. The van der Waals surface area contributed by atoms with Crippen LogP contribution >= 0.6 is 0 Å². The van der Waals surface area contributed by atoms with Crippen LogP contribution in [-0.4, -0.2) is 54.7 Å². The molecule has 1 aromatic heterocycles. The molecule has 0 fully saturated rings. The molecule has 1 rings (SSSR count). The number of carbonyl (C=O) groups is 1. The molecule has 0 aromatic carbocycles. The molecule has 5 nitrogen and oxygen atoms in total. The number of quaternary nitrogens is 1. The van der Waals surface area contributed by atoms with Gasteiger partial charge < -0.3 is 31.1 Å². The van der Waals surface area contributed by atoms with Gasteiger partial charge in [-0.2, -0.15) is 0 Å². The first-order valence-electron chi connectivity index (χ1n) is 6.58. The normalized spacial score (nSPS) is 10.7. The topological polar surface area (TPSA) is 42.4 Å². The fourth-order valence-electron chi connectivity index (χ4n) is 1.63. The van der Waals surface area contributed by atoms with Crippen molar-refractivity contribution >= 4 is 6.09 Å². The summed E-state index contributed by atoms with van der Waals surface area (Å²) in [6, 6.07) is 3.57. The van der Waals surface area contributed by atoms with Gasteiger partial charge in [-0.05, 0) is 26.0 Å². The maximum absolute atomic E-state index is 11.6. The molecule has 0 atom stereocenters. The average molecular weight is 346 g/mol. The summed E-state index contributed by atoms with van der Waals surface area (Å²) in [4.78, 5) is 17.4. The molecule has 0 bridgehead atoms. The van der Waals surface area contributed by atoms with Crippen molar-refractivity contribution in [3.05, 3.63) is 24.0 Å². The summed E-state index contributed by atoms with van der Waals surface area (Å²) in [6.45, 7) is 7.07. The van der Waals surface area contributed by atoms with E-state index in [-0.39, 0.29) is 23.1 Å². The summed E-state index contributed by atoms with van der Waals surface area (Å²) in [7, 11) is 5.50. The molecule has 1 aromatic rings. The van der Waals surface area contributed by atoms with Gasteiger partial charge in [-0.25, -0.2) is 4.79 Å². The second kappa shape index (κ2) is 8.21. The zero-order valence-electron chi connectivity index (χ0n) is 12.9. The third kappa shape index (κ3) is 5.09. The number of amides is 1. The van der Waals surface area contributed by atoms with Crippen molar-refractivity contribution in [2.45, 2.75) is 20.4 Å². The molecule has 6 heteroatoms. The maximum atomic E-state index is 11.6. The van der Waals surface area contributed by atoms with Crippen molar-refractivity contribution in [2.24, 2.45) is 0 Å². The van der Waals surface area contributed by atoms with Crippen molar-refractivity contribution < 1.29 is 31.0 Å². The predicted molar refractivity (Wildman–Crippen MR) is 74.9 cm³/mol. The van der Waals surface area contributed by atoms with Gasteiger partial charge in [0.2, 0.25) is 0 Å². The quantitative estimate of drug-likeness (QED) is 0.652. The Labute approximate surface area is 131 Å². The fraction of sp³-hybridized carbons (Fsp3) is 0.571. The lowest BCUT2D eigenvalue weighted by molar-refractivity contribution is -0.919. The number of halogens is 1. The molecule has 114 valence electrons. The monoisotopic (exact) mass is 345 g/mol. The van der Waals surface area contributed by atoms with E-state index in [1.165, 1.54) is 4.90 Å². The minimum absolute atomic E-state index is 0. The van der Waals surface area contributed by atoms with E-state index in [4.69, 9.17) is 4.74 Å². The Morgan fingerprint density at radius 1 is 1.35 bits per heavy atom. The number of hydrogen-bond acceptors (Lipinski definition) is 3. The van der Waals surface area contributed by atoms with E-state index in [2.05, 4.69) is 25.9 Å². The molecular formula is C14H24BrN3O2. The highest BCUT2D eigenvalue weighted by Gasteiger charge is 2.22. The van der Waals surface area contributed by atoms with Gasteiger partial charge in [0.1, 0.15) is 12.2 Å². The molecule has 0 aliphatic carbocycles. The van der Waals surface area contributed by atoms with E-state index in [9.17, 15) is 4.79 Å². The van der Waals surface area contributed by atoms with Crippen LogP contribution in [-0.2, 0) is 6.54 Å². The van der Waals surface area contributed by atoms with Crippen LogP contribution in [0.1, 0.15) is 19.5 Å². The maximum Gasteiger partial charge on any atom is 0.414 e. The van der Waals surface area contributed by atoms with Gasteiger partial charge in [-0.15, -0.1) is 0 Å². The van der Waals surface area contributed by atoms with Gasteiger partial charge in [0.05, 0.1) is 20.1 Å². The van der Waals surface area contributed by atoms with Crippen LogP contribution in [0.4, 0.5) is 4.79 Å². The molecule has 1 amide bonds. The standard InChI is InChI=1S/C14H24N3O2.BrH/c1-6-17(5,7-2)11-12-13(9-8-10-15-12)19-14(18)16(3)4;/h8-10H,6-7,11H2,1-5H3;1H/q+1;/p-1. The highest BCUT2D eigenvalue weighted by Crippen LogP contribution is 2.20. The van der Waals surface area contributed by atoms with E-state index >= 15 is 0 Å². The van der Waals surface area contributed by atoms with Crippen molar-refractivity contribution in [1.82, 2.24) is 9.88 Å². The summed E-state index contributed by atoms with van der Waals surface area (Å²) in [5.74, 6) is 0.549. The van der Waals surface area contributed by atoms with Gasteiger partial charge >= 0.3 is 6.09 Å². The Hall–Kier alpha value is -1.14. The summed E-state index contributed by atoms with van der Waals surface area (Å²) in [5, 5.41) is 0. The predicted octanol–water partition coefficient (Wildman–Crippen LogP) is -0.868. The summed E-state index contributed by atoms with van der Waals surface area (Å²) < 4.78 is 6.22. The number of aromatic nitrogens is 1. The molecule has 0 spiro atoms. The van der Waals surface area contributed by atoms with E-state index in [0.29, 0.717) is 5.75 Å². The number of pyridine rings is 1. The molecule has 0 N–H and O–H groups in total. The first kappa shape index (κ1) is 18.9. The second-order valence-electron chi connectivity index (χ2n) is 5.12. The third-order valence-electron chi connectivity index (χ3n) is 3.47. The second-order valence-corrected chi connectivity index (χ2v) is 5.12. The number of carbonyl (C=O) groups excluding carboxylic acids is 1. The molecule has 0 radical (unpaired) electrons. The van der Waals surface area contributed by atoms with Crippen molar-refractivity contribution in [2.75, 3.05) is 34.2 Å². The summed E-state index contributed by atoms with van der Waals surface area (Å²) >= 11 is 0. The van der Waals surface area contributed by atoms with Crippen LogP contribution in [0.3, 0.4) is 0 Å². The fourth-order valence-corrected chi connectivity index (χ4v) is 1.63. The lowest BCUT2D eigenvalue weighted by atomic mass is 10.2. The number of ether oxygens (including phenoxy) is 1. The molecule has 0 aliphatic rings. The van der Waals surface area contributed by atoms with Crippen LogP contribution in [0.25, 0.3) is 0 Å². The van der Waals surface area contributed by atoms with Gasteiger partial charge in [0, 0.05) is 20.3 Å². The van der Waals surface area contributed by atoms with Gasteiger partial charge in [0.25, 0.3) is 0 Å². The summed E-state index contributed by atoms with van der Waals surface area (Å²) in [6.07, 6.45) is 1.36. The molecular weight excluding hydrogens is 322 g/mol. The van der Waals surface area contributed by atoms with Crippen molar-refractivity contribution in [3.63, 3.8) is 0 Å². The van der Waals surface area contributed by atoms with E-state index < -0.39 is 0 Å². The third-order valence-corrected chi connectivity index (χ3v) is 3.47. The lowest BCUT2D eigenvalue weighted by Crippen LogP contribution is -3.00. The van der Waals surface area contributed by atoms with Crippen molar-refractivity contribution in [1.29, 1.82) is 0 Å². The van der Waals surface area contributed by atoms with Gasteiger partial charge in [0.15, 0.2) is 5.75 Å². The Morgan fingerprint density at radius 3 is 2.45 bits per heavy atom. The van der Waals surface area contributed by atoms with Crippen LogP contribution in [0.5, 0.6) is 5.75 Å². The van der Waals surface area contributed by atoms with Crippen molar-refractivity contribution in [3.8, 4) is 5.75 Å². The summed E-state index contributed by atoms with van der Waals surface area (Å²) in [5.41, 5.74) is 0.823. The molecule has 0 unspecified atom stereocenters. The highest BCUT2D eigenvalue weighted by molar-refractivity contribution is 5.70. The molecule has 0 aliphatic heterocycles. The first-order chi connectivity index (χ1) is 8.91. The first-order valence-corrected chi connectivity index (χ1v) is 6.58. The zero-order chi connectivity index (χ0) is 14.5. The van der Waals surface area contributed by atoms with Gasteiger partial charge in [-0.1, -0.05) is 0 Å². The van der Waals surface area contributed by atoms with Crippen LogP contribution < -0.4 is 21.7 Å². The Bertz CT molecular complexity index is 434. The SMILES string of the molecule is CC[N+](C)(CC)Cc1ncccc1OC(=O)N(C)C.[Br-].